The summed E-state index contributed by atoms with van der Waals surface area (Å²) >= 11 is 0. The maximum absolute atomic E-state index is 11.6. The van der Waals surface area contributed by atoms with Crippen LogP contribution >= 0.6 is 24.0 Å². The van der Waals surface area contributed by atoms with Crippen molar-refractivity contribution in [1.29, 1.82) is 0 Å². The summed E-state index contributed by atoms with van der Waals surface area (Å²) in [6.45, 7) is 9.04. The van der Waals surface area contributed by atoms with Gasteiger partial charge in [0.05, 0.1) is 12.6 Å². The molecular weight excluding hydrogens is 531 g/mol. The number of carbonyl (C=O) groups excluding carboxylic acids is 3. The average molecular weight is 568 g/mol. The van der Waals surface area contributed by atoms with Crippen molar-refractivity contribution in [2.45, 2.75) is 51.7 Å². The predicted octanol–water partition coefficient (Wildman–Crippen LogP) is 1.13. The van der Waals surface area contributed by atoms with Gasteiger partial charge >= 0.3 is 12.1 Å². The Morgan fingerprint density at radius 1 is 1.19 bits per heavy atom. The molecule has 0 aromatic carbocycles. The molecule has 2 aliphatic rings. The minimum atomic E-state index is -0.496. The van der Waals surface area contributed by atoms with Crippen molar-refractivity contribution in [3.05, 3.63) is 0 Å². The van der Waals surface area contributed by atoms with Gasteiger partial charge in [0.2, 0.25) is 5.91 Å². The number of hydrogen-bond donors (Lipinski definition) is 3. The highest BCUT2D eigenvalue weighted by Gasteiger charge is 2.28. The minimum absolute atomic E-state index is 0. The number of likely N-dealkylation sites (tertiary alicyclic amines) is 1. The van der Waals surface area contributed by atoms with E-state index in [0.29, 0.717) is 26.2 Å². The number of guanidine groups is 1. The van der Waals surface area contributed by atoms with Crippen LogP contribution in [0.1, 0.15) is 40.0 Å². The Labute approximate surface area is 207 Å². The summed E-state index contributed by atoms with van der Waals surface area (Å²) in [6.07, 6.45) is 2.27. The highest BCUT2D eigenvalue weighted by molar-refractivity contribution is 14.0. The maximum Gasteiger partial charge on any atom is 0.407 e. The third-order valence-corrected chi connectivity index (χ3v) is 4.85. The van der Waals surface area contributed by atoms with Gasteiger partial charge in [-0.3, -0.25) is 14.7 Å². The van der Waals surface area contributed by atoms with Crippen LogP contribution in [0.4, 0.5) is 9.59 Å². The molecule has 2 saturated heterocycles. The fraction of sp³-hybridized carbons (Fsp3) is 0.800. The first-order valence-corrected chi connectivity index (χ1v) is 10.8. The molecule has 0 atom stereocenters. The molecule has 0 aromatic heterocycles. The van der Waals surface area contributed by atoms with Gasteiger partial charge in [-0.05, 0) is 40.0 Å². The maximum atomic E-state index is 11.6. The van der Waals surface area contributed by atoms with Crippen molar-refractivity contribution in [2.75, 3.05) is 52.9 Å². The first kappa shape index (κ1) is 28.2. The normalized spacial score (nSPS) is 17.7. The molecule has 2 rings (SSSR count). The lowest BCUT2D eigenvalue weighted by Crippen LogP contribution is -2.49. The number of piperidine rings is 1. The van der Waals surface area contributed by atoms with Gasteiger partial charge in [0, 0.05) is 46.4 Å². The summed E-state index contributed by atoms with van der Waals surface area (Å²) in [4.78, 5) is 42.4. The zero-order valence-corrected chi connectivity index (χ0v) is 21.8. The number of carbonyl (C=O) groups is 3. The molecule has 0 spiro atoms. The molecule has 2 aliphatic heterocycles. The molecule has 2 heterocycles. The summed E-state index contributed by atoms with van der Waals surface area (Å²) in [7, 11) is 1.72. The van der Waals surface area contributed by atoms with Gasteiger partial charge in [0.1, 0.15) is 5.60 Å². The second kappa shape index (κ2) is 13.7. The number of nitrogens with one attached hydrogen (secondary N) is 3. The molecule has 0 saturated carbocycles. The van der Waals surface area contributed by atoms with E-state index in [1.165, 1.54) is 4.90 Å². The Kier molecular flexibility index (Phi) is 12.0. The van der Waals surface area contributed by atoms with E-state index in [1.807, 2.05) is 20.8 Å². The van der Waals surface area contributed by atoms with Crippen LogP contribution in [0.15, 0.2) is 4.99 Å². The fourth-order valence-electron chi connectivity index (χ4n) is 3.35. The summed E-state index contributed by atoms with van der Waals surface area (Å²) < 4.78 is 11.1. The van der Waals surface area contributed by atoms with Gasteiger partial charge in [-0.15, -0.1) is 24.0 Å². The van der Waals surface area contributed by atoms with Crippen molar-refractivity contribution in [3.63, 3.8) is 0 Å². The molecule has 0 bridgehead atoms. The van der Waals surface area contributed by atoms with E-state index < -0.39 is 11.7 Å². The number of urea groups is 1. The number of alkyl carbamates (subject to hydrolysis) is 1. The van der Waals surface area contributed by atoms with Crippen LogP contribution in [0.3, 0.4) is 0 Å². The third-order valence-electron chi connectivity index (χ3n) is 4.85. The molecule has 0 aliphatic carbocycles. The lowest BCUT2D eigenvalue weighted by Gasteiger charge is -2.34. The largest absolute Gasteiger partial charge is 0.444 e. The Morgan fingerprint density at radius 2 is 1.88 bits per heavy atom. The lowest BCUT2D eigenvalue weighted by atomic mass is 10.1. The molecular formula is C20H37IN6O5. The van der Waals surface area contributed by atoms with Crippen LogP contribution in [-0.2, 0) is 14.3 Å². The highest BCUT2D eigenvalue weighted by Crippen LogP contribution is 2.14. The quantitative estimate of drug-likeness (QED) is 0.132. The first-order chi connectivity index (χ1) is 14.7. The molecule has 184 valence electrons. The van der Waals surface area contributed by atoms with Gasteiger partial charge < -0.3 is 30.3 Å². The van der Waals surface area contributed by atoms with Crippen molar-refractivity contribution in [2.24, 2.45) is 4.99 Å². The number of aliphatic imine (C=N–C) groups is 1. The van der Waals surface area contributed by atoms with E-state index in [4.69, 9.17) is 9.47 Å². The molecule has 32 heavy (non-hydrogen) atoms. The SMILES string of the molecule is CN=C(NCCN1C(=O)CNC1=O)N1CCC(OCCCNC(=O)OC(C)(C)C)CC1.I. The third kappa shape index (κ3) is 9.76. The van der Waals surface area contributed by atoms with E-state index in [2.05, 4.69) is 25.8 Å². The predicted molar refractivity (Wildman–Crippen MR) is 131 cm³/mol. The monoisotopic (exact) mass is 568 g/mol. The van der Waals surface area contributed by atoms with E-state index in [0.717, 1.165) is 38.3 Å². The van der Waals surface area contributed by atoms with Crippen LogP contribution in [0.2, 0.25) is 0 Å². The summed E-state index contributed by atoms with van der Waals surface area (Å²) in [6, 6.07) is -0.346. The molecule has 0 radical (unpaired) electrons. The second-order valence-corrected chi connectivity index (χ2v) is 8.52. The minimum Gasteiger partial charge on any atom is -0.444 e. The van der Waals surface area contributed by atoms with E-state index in [-0.39, 0.29) is 48.6 Å². The molecule has 11 nitrogen and oxygen atoms in total. The molecule has 3 N–H and O–H groups in total. The van der Waals surface area contributed by atoms with Crippen LogP contribution < -0.4 is 16.0 Å². The van der Waals surface area contributed by atoms with Crippen molar-refractivity contribution >= 4 is 48.0 Å². The van der Waals surface area contributed by atoms with E-state index in [9.17, 15) is 14.4 Å². The number of amides is 4. The number of ether oxygens (including phenoxy) is 2. The molecule has 0 unspecified atom stereocenters. The number of imide groups is 1. The van der Waals surface area contributed by atoms with Gasteiger partial charge in [0.25, 0.3) is 0 Å². The van der Waals surface area contributed by atoms with Crippen LogP contribution in [0, 0.1) is 0 Å². The lowest BCUT2D eigenvalue weighted by molar-refractivity contribution is -0.124. The Balaban J connectivity index is 0.00000512. The van der Waals surface area contributed by atoms with Gasteiger partial charge in [-0.2, -0.15) is 0 Å². The number of hydrogen-bond acceptors (Lipinski definition) is 6. The van der Waals surface area contributed by atoms with Gasteiger partial charge in [-0.1, -0.05) is 0 Å². The fourth-order valence-corrected chi connectivity index (χ4v) is 3.35. The Morgan fingerprint density at radius 3 is 2.44 bits per heavy atom. The Hall–Kier alpha value is -1.83. The first-order valence-electron chi connectivity index (χ1n) is 10.8. The second-order valence-electron chi connectivity index (χ2n) is 8.52. The molecule has 2 fully saturated rings. The number of nitrogens with zero attached hydrogens (tertiary/aromatic N) is 3. The van der Waals surface area contributed by atoms with Crippen LogP contribution in [0.25, 0.3) is 0 Å². The summed E-state index contributed by atoms with van der Waals surface area (Å²) in [5.74, 6) is 0.549. The summed E-state index contributed by atoms with van der Waals surface area (Å²) in [5.41, 5.74) is -0.496. The smallest absolute Gasteiger partial charge is 0.407 e. The van der Waals surface area contributed by atoms with Crippen LogP contribution in [-0.4, -0.2) is 98.4 Å². The molecule has 12 heteroatoms. The topological polar surface area (TPSA) is 125 Å². The standard InChI is InChI=1S/C20H36N6O5.HI/c1-20(2,3)31-19(29)23-8-5-13-30-15-6-10-25(11-7-15)17(21-4)22-9-12-26-16(27)14-24-18(26)28;/h15H,5-14H2,1-4H3,(H,21,22)(H,23,29)(H,24,28);1H. The number of rotatable bonds is 8. The highest BCUT2D eigenvalue weighted by atomic mass is 127. The zero-order valence-electron chi connectivity index (χ0n) is 19.4. The average Bonchev–Trinajstić information content (AvgIpc) is 3.02. The Bertz CT molecular complexity index is 645. The van der Waals surface area contributed by atoms with E-state index in [1.54, 1.807) is 7.05 Å². The van der Waals surface area contributed by atoms with Crippen molar-refractivity contribution in [3.8, 4) is 0 Å². The molecule has 0 aromatic rings. The van der Waals surface area contributed by atoms with Crippen molar-refractivity contribution in [1.82, 2.24) is 25.8 Å². The summed E-state index contributed by atoms with van der Waals surface area (Å²) in [5, 5.41) is 8.45. The van der Waals surface area contributed by atoms with Crippen LogP contribution in [0.5, 0.6) is 0 Å². The van der Waals surface area contributed by atoms with Gasteiger partial charge in [0.15, 0.2) is 5.96 Å². The number of halogens is 1. The zero-order chi connectivity index (χ0) is 22.9. The van der Waals surface area contributed by atoms with Gasteiger partial charge in [-0.25, -0.2) is 9.59 Å². The van der Waals surface area contributed by atoms with Crippen molar-refractivity contribution < 1.29 is 23.9 Å². The molecule has 4 amide bonds. The van der Waals surface area contributed by atoms with E-state index >= 15 is 0 Å².